The van der Waals surface area contributed by atoms with Crippen molar-refractivity contribution in [1.29, 1.82) is 5.26 Å². The summed E-state index contributed by atoms with van der Waals surface area (Å²) in [6, 6.07) is 13.2. The molecule has 0 fully saturated rings. The van der Waals surface area contributed by atoms with E-state index in [0.717, 1.165) is 12.1 Å². The summed E-state index contributed by atoms with van der Waals surface area (Å²) in [5.74, 6) is -1.16. The smallest absolute Gasteiger partial charge is 0.200 e. The first kappa shape index (κ1) is 14.9. The zero-order valence-electron chi connectivity index (χ0n) is 11.4. The van der Waals surface area contributed by atoms with Crippen molar-refractivity contribution in [2.75, 3.05) is 0 Å². The molecule has 0 spiro atoms. The van der Waals surface area contributed by atoms with Crippen LogP contribution in [0.15, 0.2) is 48.5 Å². The van der Waals surface area contributed by atoms with E-state index in [0.29, 0.717) is 11.1 Å². The summed E-state index contributed by atoms with van der Waals surface area (Å²) < 4.78 is 27.5. The van der Waals surface area contributed by atoms with Crippen molar-refractivity contribution < 1.29 is 13.6 Å². The lowest BCUT2D eigenvalue weighted by Gasteiger charge is -2.19. The number of benzene rings is 2. The molecule has 0 bridgehead atoms. The van der Waals surface area contributed by atoms with Crippen LogP contribution in [0, 0.1) is 17.1 Å². The van der Waals surface area contributed by atoms with Gasteiger partial charge in [0, 0.05) is 12.0 Å². The first-order chi connectivity index (χ1) is 9.92. The zero-order chi connectivity index (χ0) is 15.5. The largest absolute Gasteiger partial charge is 0.291 e. The van der Waals surface area contributed by atoms with Crippen LogP contribution < -0.4 is 0 Å². The predicted molar refractivity (Wildman–Crippen MR) is 75.1 cm³/mol. The van der Waals surface area contributed by atoms with Gasteiger partial charge < -0.3 is 0 Å². The lowest BCUT2D eigenvalue weighted by molar-refractivity contribution is 0.0724. The highest BCUT2D eigenvalue weighted by molar-refractivity contribution is 6.02. The molecule has 0 aliphatic rings. The third-order valence-electron chi connectivity index (χ3n) is 3.20. The van der Waals surface area contributed by atoms with Crippen LogP contribution in [0.1, 0.15) is 28.4 Å². The summed E-state index contributed by atoms with van der Waals surface area (Å²) in [4.78, 5) is 12.2. The maximum atomic E-state index is 14.6. The van der Waals surface area contributed by atoms with Crippen LogP contribution in [0.4, 0.5) is 8.78 Å². The normalized spacial score (nSPS) is 13.2. The molecule has 0 aromatic heterocycles. The maximum Gasteiger partial charge on any atom is 0.200 e. The van der Waals surface area contributed by atoms with E-state index >= 15 is 0 Å². The van der Waals surface area contributed by atoms with Crippen molar-refractivity contribution in [3.8, 4) is 6.07 Å². The monoisotopic (exact) mass is 285 g/mol. The van der Waals surface area contributed by atoms with Crippen molar-refractivity contribution >= 4 is 5.78 Å². The van der Waals surface area contributed by atoms with E-state index < -0.39 is 17.3 Å². The van der Waals surface area contributed by atoms with Gasteiger partial charge in [-0.3, -0.25) is 4.79 Å². The molecule has 0 N–H and O–H groups in total. The highest BCUT2D eigenvalue weighted by Crippen LogP contribution is 2.23. The van der Waals surface area contributed by atoms with Gasteiger partial charge in [-0.05, 0) is 48.9 Å². The highest BCUT2D eigenvalue weighted by Gasteiger charge is 2.33. The van der Waals surface area contributed by atoms with Crippen LogP contribution in [0.5, 0.6) is 0 Å². The molecular formula is C17H13F2NO. The number of nitriles is 1. The fraction of sp³-hybridized carbons (Fsp3) is 0.176. The number of ketones is 1. The Morgan fingerprint density at radius 3 is 2.24 bits per heavy atom. The summed E-state index contributed by atoms with van der Waals surface area (Å²) in [6.45, 7) is 1.21. The number of halogens is 2. The first-order valence-corrected chi connectivity index (χ1v) is 6.41. The van der Waals surface area contributed by atoms with E-state index in [4.69, 9.17) is 5.26 Å². The lowest BCUT2D eigenvalue weighted by atomic mass is 9.90. The van der Waals surface area contributed by atoms with E-state index in [-0.39, 0.29) is 12.0 Å². The Balaban J connectivity index is 2.18. The Morgan fingerprint density at radius 2 is 1.71 bits per heavy atom. The molecule has 1 unspecified atom stereocenters. The van der Waals surface area contributed by atoms with Gasteiger partial charge in [-0.2, -0.15) is 5.26 Å². The van der Waals surface area contributed by atoms with Crippen LogP contribution in [0.25, 0.3) is 0 Å². The second kappa shape index (κ2) is 5.84. The number of hydrogen-bond donors (Lipinski definition) is 0. The molecular weight excluding hydrogens is 272 g/mol. The Labute approximate surface area is 121 Å². The van der Waals surface area contributed by atoms with Crippen LogP contribution in [-0.2, 0) is 6.42 Å². The van der Waals surface area contributed by atoms with Gasteiger partial charge in [0.25, 0.3) is 0 Å². The highest BCUT2D eigenvalue weighted by atomic mass is 19.1. The molecule has 21 heavy (non-hydrogen) atoms. The Hall–Kier alpha value is -2.54. The first-order valence-electron chi connectivity index (χ1n) is 6.41. The van der Waals surface area contributed by atoms with E-state index in [1.165, 1.54) is 19.1 Å². The molecule has 0 aliphatic heterocycles. The molecule has 0 saturated carbocycles. The standard InChI is InChI=1S/C17H13F2NO/c1-17(19,10-12-2-4-13(11-20)5-3-12)16(21)14-6-8-15(18)9-7-14/h2-9H,10H2,1H3. The van der Waals surface area contributed by atoms with Crippen molar-refractivity contribution in [3.63, 3.8) is 0 Å². The number of carbonyl (C=O) groups excluding carboxylic acids is 1. The molecule has 2 aromatic carbocycles. The number of nitrogens with zero attached hydrogens (tertiary/aromatic N) is 1. The molecule has 4 heteroatoms. The lowest BCUT2D eigenvalue weighted by Crippen LogP contribution is -2.32. The number of rotatable bonds is 4. The average molecular weight is 285 g/mol. The summed E-state index contributed by atoms with van der Waals surface area (Å²) in [7, 11) is 0. The fourth-order valence-electron chi connectivity index (χ4n) is 2.06. The summed E-state index contributed by atoms with van der Waals surface area (Å²) in [5, 5.41) is 8.71. The summed E-state index contributed by atoms with van der Waals surface area (Å²) in [6.07, 6.45) is -0.102. The molecule has 0 heterocycles. The number of Topliss-reactive ketones (excluding diaryl/α,β-unsaturated/α-hetero) is 1. The van der Waals surface area contributed by atoms with Crippen LogP contribution in [-0.4, -0.2) is 11.5 Å². The minimum atomic E-state index is -2.09. The van der Waals surface area contributed by atoms with Crippen LogP contribution >= 0.6 is 0 Å². The third-order valence-corrected chi connectivity index (χ3v) is 3.20. The van der Waals surface area contributed by atoms with Gasteiger partial charge in [0.1, 0.15) is 5.82 Å². The SMILES string of the molecule is CC(F)(Cc1ccc(C#N)cc1)C(=O)c1ccc(F)cc1. The number of alkyl halides is 1. The molecule has 0 amide bonds. The molecule has 1 atom stereocenters. The van der Waals surface area contributed by atoms with Gasteiger partial charge >= 0.3 is 0 Å². The maximum absolute atomic E-state index is 14.6. The van der Waals surface area contributed by atoms with Crippen LogP contribution in [0.3, 0.4) is 0 Å². The second-order valence-corrected chi connectivity index (χ2v) is 5.02. The topological polar surface area (TPSA) is 40.9 Å². The zero-order valence-corrected chi connectivity index (χ0v) is 11.4. The minimum absolute atomic E-state index is 0.102. The molecule has 0 aliphatic carbocycles. The predicted octanol–water partition coefficient (Wildman–Crippen LogP) is 3.85. The van der Waals surface area contributed by atoms with Gasteiger partial charge in [-0.1, -0.05) is 12.1 Å². The van der Waals surface area contributed by atoms with Crippen molar-refractivity contribution in [2.24, 2.45) is 0 Å². The van der Waals surface area contributed by atoms with Crippen molar-refractivity contribution in [3.05, 3.63) is 71.0 Å². The van der Waals surface area contributed by atoms with E-state index in [9.17, 15) is 13.6 Å². The molecule has 2 rings (SSSR count). The molecule has 0 radical (unpaired) electrons. The quantitative estimate of drug-likeness (QED) is 0.800. The van der Waals surface area contributed by atoms with Gasteiger partial charge in [-0.15, -0.1) is 0 Å². The second-order valence-electron chi connectivity index (χ2n) is 5.02. The molecule has 106 valence electrons. The van der Waals surface area contributed by atoms with Gasteiger partial charge in [0.05, 0.1) is 11.6 Å². The Morgan fingerprint density at radius 1 is 1.14 bits per heavy atom. The summed E-state index contributed by atoms with van der Waals surface area (Å²) in [5.41, 5.74) is -0.861. The molecule has 2 aromatic rings. The average Bonchev–Trinajstić information content (AvgIpc) is 2.48. The van der Waals surface area contributed by atoms with E-state index in [1.807, 2.05) is 6.07 Å². The van der Waals surface area contributed by atoms with Gasteiger partial charge in [-0.25, -0.2) is 8.78 Å². The number of hydrogen-bond acceptors (Lipinski definition) is 2. The summed E-state index contributed by atoms with van der Waals surface area (Å²) >= 11 is 0. The van der Waals surface area contributed by atoms with Gasteiger partial charge in [0.2, 0.25) is 0 Å². The number of carbonyl (C=O) groups is 1. The fourth-order valence-corrected chi connectivity index (χ4v) is 2.06. The molecule has 2 nitrogen and oxygen atoms in total. The van der Waals surface area contributed by atoms with E-state index in [1.54, 1.807) is 24.3 Å². The van der Waals surface area contributed by atoms with Crippen molar-refractivity contribution in [1.82, 2.24) is 0 Å². The Kier molecular flexibility index (Phi) is 4.13. The van der Waals surface area contributed by atoms with Crippen LogP contribution in [0.2, 0.25) is 0 Å². The third kappa shape index (κ3) is 3.51. The van der Waals surface area contributed by atoms with Gasteiger partial charge in [0.15, 0.2) is 11.5 Å². The Bertz CT molecular complexity index is 682. The molecule has 0 saturated heterocycles. The van der Waals surface area contributed by atoms with E-state index in [2.05, 4.69) is 0 Å². The minimum Gasteiger partial charge on any atom is -0.291 e. The van der Waals surface area contributed by atoms with Crippen molar-refractivity contribution in [2.45, 2.75) is 19.0 Å².